The van der Waals surface area contributed by atoms with Crippen LogP contribution in [0.5, 0.6) is 0 Å². The molecule has 0 saturated heterocycles. The lowest BCUT2D eigenvalue weighted by Gasteiger charge is -2.29. The third-order valence-electron chi connectivity index (χ3n) is 7.90. The quantitative estimate of drug-likeness (QED) is 0.219. The molecule has 2 unspecified atom stereocenters. The number of halogens is 1. The molecule has 2 atom stereocenters. The number of aromatic nitrogens is 1. The minimum atomic E-state index is 0.243. The summed E-state index contributed by atoms with van der Waals surface area (Å²) in [6.07, 6.45) is 12.2. The van der Waals surface area contributed by atoms with Crippen LogP contribution in [0, 0.1) is 0 Å². The van der Waals surface area contributed by atoms with E-state index in [0.717, 1.165) is 6.42 Å². The molecule has 3 heteroatoms. The zero-order chi connectivity index (χ0) is 23.1. The van der Waals surface area contributed by atoms with Crippen molar-refractivity contribution in [3.05, 3.63) is 118 Å². The smallest absolute Gasteiger partial charge is 0.0577 e. The van der Waals surface area contributed by atoms with Crippen molar-refractivity contribution >= 4 is 71.0 Å². The van der Waals surface area contributed by atoms with Crippen LogP contribution in [0.1, 0.15) is 46.9 Å². The van der Waals surface area contributed by atoms with Crippen molar-refractivity contribution in [2.24, 2.45) is 0 Å². The molecule has 168 valence electrons. The van der Waals surface area contributed by atoms with Gasteiger partial charge in [-0.15, -0.1) is 11.3 Å². The van der Waals surface area contributed by atoms with Crippen molar-refractivity contribution in [1.29, 1.82) is 0 Å². The van der Waals surface area contributed by atoms with Gasteiger partial charge in [-0.05, 0) is 52.8 Å². The fraction of sp³-hybridized carbons (Fsp3) is 0.125. The van der Waals surface area contributed by atoms with Crippen molar-refractivity contribution in [2.75, 3.05) is 0 Å². The summed E-state index contributed by atoms with van der Waals surface area (Å²) in [7, 11) is 0. The predicted molar refractivity (Wildman–Crippen MR) is 153 cm³/mol. The van der Waals surface area contributed by atoms with E-state index in [1.165, 1.54) is 70.7 Å². The molecule has 3 aliphatic carbocycles. The number of hydrogen-bond donors (Lipinski definition) is 0. The molecule has 3 aliphatic rings. The number of rotatable bonds is 2. The lowest BCUT2D eigenvalue weighted by Crippen LogP contribution is -2.23. The molecule has 0 N–H and O–H groups in total. The van der Waals surface area contributed by atoms with Crippen LogP contribution in [-0.4, -0.2) is 3.59 Å². The molecule has 0 aliphatic heterocycles. The van der Waals surface area contributed by atoms with E-state index in [0.29, 0.717) is 5.92 Å². The maximum absolute atomic E-state index is 3.95. The first-order valence-corrected chi connectivity index (χ1v) is 13.8. The van der Waals surface area contributed by atoms with Gasteiger partial charge in [-0.25, -0.2) is 0 Å². The van der Waals surface area contributed by atoms with Crippen molar-refractivity contribution in [2.45, 2.75) is 24.7 Å². The summed E-state index contributed by atoms with van der Waals surface area (Å²) in [5.74, 6) is 0.703. The molecular formula is C32H22BrNS. The average molecular weight is 533 g/mol. The van der Waals surface area contributed by atoms with Gasteiger partial charge in [-0.1, -0.05) is 85.0 Å². The molecular weight excluding hydrogens is 510 g/mol. The molecule has 3 aromatic carbocycles. The Morgan fingerprint density at radius 3 is 2.51 bits per heavy atom. The van der Waals surface area contributed by atoms with E-state index in [1.54, 1.807) is 0 Å². The van der Waals surface area contributed by atoms with E-state index >= 15 is 0 Å². The Kier molecular flexibility index (Phi) is 4.26. The van der Waals surface area contributed by atoms with Gasteiger partial charge < -0.3 is 0 Å². The van der Waals surface area contributed by atoms with Crippen LogP contribution in [-0.2, 0) is 0 Å². The third-order valence-corrected chi connectivity index (χ3v) is 9.88. The molecule has 1 nitrogen and oxygen atoms in total. The van der Waals surface area contributed by atoms with Gasteiger partial charge in [0.05, 0.1) is 26.8 Å². The number of allylic oxidation sites excluding steroid dienone is 4. The predicted octanol–water partition coefficient (Wildman–Crippen LogP) is 7.73. The molecule has 0 spiro atoms. The minimum absolute atomic E-state index is 0.243. The fourth-order valence-electron chi connectivity index (χ4n) is 6.37. The second-order valence-corrected chi connectivity index (χ2v) is 11.5. The molecule has 0 saturated carbocycles. The van der Waals surface area contributed by atoms with Gasteiger partial charge in [0.1, 0.15) is 0 Å². The first-order valence-electron chi connectivity index (χ1n) is 12.3. The van der Waals surface area contributed by atoms with Crippen molar-refractivity contribution in [3.8, 4) is 0 Å². The zero-order valence-electron chi connectivity index (χ0n) is 19.0. The van der Waals surface area contributed by atoms with E-state index in [9.17, 15) is 0 Å². The van der Waals surface area contributed by atoms with Crippen molar-refractivity contribution < 1.29 is 0 Å². The lowest BCUT2D eigenvalue weighted by molar-refractivity contribution is 0.737. The summed E-state index contributed by atoms with van der Waals surface area (Å²) < 4.78 is 5.03. The Morgan fingerprint density at radius 1 is 0.771 bits per heavy atom. The highest BCUT2D eigenvalue weighted by Gasteiger charge is 2.34. The van der Waals surface area contributed by atoms with Crippen LogP contribution in [0.3, 0.4) is 0 Å². The van der Waals surface area contributed by atoms with E-state index < -0.39 is 0 Å². The van der Waals surface area contributed by atoms with Gasteiger partial charge in [0.15, 0.2) is 0 Å². The van der Waals surface area contributed by atoms with E-state index in [4.69, 9.17) is 0 Å². The summed E-state index contributed by atoms with van der Waals surface area (Å²) >= 11 is 5.88. The Bertz CT molecular complexity index is 1870. The first kappa shape index (κ1) is 20.1. The van der Waals surface area contributed by atoms with Crippen LogP contribution in [0.4, 0.5) is 0 Å². The topological polar surface area (TPSA) is 4.93 Å². The maximum Gasteiger partial charge on any atom is 0.0577 e. The number of benzene rings is 3. The monoisotopic (exact) mass is 531 g/mol. The zero-order valence-corrected chi connectivity index (χ0v) is 21.4. The Balaban J connectivity index is 1.45. The van der Waals surface area contributed by atoms with Crippen LogP contribution >= 0.6 is 27.5 Å². The van der Waals surface area contributed by atoms with Gasteiger partial charge in [-0.2, -0.15) is 0 Å². The van der Waals surface area contributed by atoms with Gasteiger partial charge in [0.2, 0.25) is 0 Å². The SMILES string of the molecule is Brn1c2c3c4c1=CCCC4C=C(c1cccc4c1sc1ccccc14)C3=CC(c1ccccc1)C=2. The molecule has 8 rings (SSSR count). The lowest BCUT2D eigenvalue weighted by atomic mass is 9.74. The van der Waals surface area contributed by atoms with Crippen molar-refractivity contribution in [3.63, 3.8) is 0 Å². The molecule has 5 aromatic rings. The van der Waals surface area contributed by atoms with Crippen LogP contribution < -0.4 is 10.7 Å². The second kappa shape index (κ2) is 7.43. The third kappa shape index (κ3) is 2.80. The Morgan fingerprint density at radius 2 is 1.60 bits per heavy atom. The Labute approximate surface area is 216 Å². The van der Waals surface area contributed by atoms with Gasteiger partial charge in [0, 0.05) is 37.6 Å². The van der Waals surface area contributed by atoms with Gasteiger partial charge in [-0.3, -0.25) is 3.59 Å². The fourth-order valence-corrected chi connectivity index (χ4v) is 8.23. The van der Waals surface area contributed by atoms with Crippen molar-refractivity contribution in [1.82, 2.24) is 3.59 Å². The summed E-state index contributed by atoms with van der Waals surface area (Å²) in [6, 6.07) is 26.6. The molecule has 35 heavy (non-hydrogen) atoms. The van der Waals surface area contributed by atoms with Crippen LogP contribution in [0.25, 0.3) is 43.5 Å². The number of thiophene rings is 1. The molecule has 0 bridgehead atoms. The highest BCUT2D eigenvalue weighted by molar-refractivity contribution is 9.08. The summed E-state index contributed by atoms with van der Waals surface area (Å²) in [5, 5.41) is 5.38. The molecule has 2 heterocycles. The normalized spacial score (nSPS) is 20.1. The van der Waals surface area contributed by atoms with E-state index in [-0.39, 0.29) is 5.92 Å². The van der Waals surface area contributed by atoms with E-state index in [1.807, 2.05) is 11.3 Å². The molecule has 0 radical (unpaired) electrons. The average Bonchev–Trinajstić information content (AvgIpc) is 3.44. The molecule has 0 amide bonds. The first-order chi connectivity index (χ1) is 17.3. The summed E-state index contributed by atoms with van der Waals surface area (Å²) in [5.41, 5.74) is 8.44. The molecule has 2 aromatic heterocycles. The summed E-state index contributed by atoms with van der Waals surface area (Å²) in [4.78, 5) is 0. The molecule has 0 fully saturated rings. The second-order valence-electron chi connectivity index (χ2n) is 9.77. The standard InChI is InChI=1S/C32H22BrNS/c33-34-27-14-6-10-20-16-25(24-13-7-12-23-22-11-4-5-15-29(22)35-32(23)24)26-17-21(19-8-2-1-3-9-19)18-28(34)31(26)30(20)27/h1-5,7-9,11-18,20-21H,6,10H2. The number of fused-ring (bicyclic) bond motifs is 3. The van der Waals surface area contributed by atoms with Gasteiger partial charge >= 0.3 is 0 Å². The highest BCUT2D eigenvalue weighted by Crippen LogP contribution is 2.48. The minimum Gasteiger partial charge on any atom is -0.277 e. The van der Waals surface area contributed by atoms with E-state index in [2.05, 4.69) is 117 Å². The maximum atomic E-state index is 3.95. The highest BCUT2D eigenvalue weighted by atomic mass is 79.9. The number of nitrogens with zero attached hydrogens (tertiary/aromatic N) is 1. The summed E-state index contributed by atoms with van der Waals surface area (Å²) in [6.45, 7) is 0. The Hall–Kier alpha value is -3.14. The van der Waals surface area contributed by atoms with Crippen LogP contribution in [0.2, 0.25) is 0 Å². The largest absolute Gasteiger partial charge is 0.277 e. The number of hydrogen-bond acceptors (Lipinski definition) is 1. The van der Waals surface area contributed by atoms with Crippen LogP contribution in [0.15, 0.2) is 84.9 Å². The van der Waals surface area contributed by atoms with Gasteiger partial charge in [0.25, 0.3) is 0 Å².